The minimum Gasteiger partial charge on any atom is -0.508 e. The first kappa shape index (κ1) is 17.1. The highest BCUT2D eigenvalue weighted by molar-refractivity contribution is 6.42. The number of phenolic OH excluding ortho intramolecular Hbond substituents is 1. The van der Waals surface area contributed by atoms with Crippen LogP contribution in [0.25, 0.3) is 0 Å². The predicted molar refractivity (Wildman–Crippen MR) is 93.9 cm³/mol. The second kappa shape index (κ2) is 7.01. The Morgan fingerprint density at radius 2 is 2.00 bits per heavy atom. The van der Waals surface area contributed by atoms with Gasteiger partial charge < -0.3 is 14.7 Å². The molecule has 1 aliphatic heterocycles. The maximum Gasteiger partial charge on any atom is 0.254 e. The number of aryl methyl sites for hydroxylation is 1. The number of halogens is 2. The van der Waals surface area contributed by atoms with E-state index in [1.54, 1.807) is 42.2 Å². The second-order valence-corrected chi connectivity index (χ2v) is 6.60. The number of amides is 1. The van der Waals surface area contributed by atoms with Crippen LogP contribution in [0.2, 0.25) is 10.0 Å². The summed E-state index contributed by atoms with van der Waals surface area (Å²) in [5, 5.41) is 10.6. The van der Waals surface area contributed by atoms with Gasteiger partial charge in [0.1, 0.15) is 11.9 Å². The molecule has 0 aromatic heterocycles. The lowest BCUT2D eigenvalue weighted by atomic mass is 10.1. The maximum absolute atomic E-state index is 12.7. The van der Waals surface area contributed by atoms with E-state index in [2.05, 4.69) is 0 Å². The molecule has 0 aliphatic carbocycles. The zero-order valence-electron chi connectivity index (χ0n) is 13.1. The smallest absolute Gasteiger partial charge is 0.254 e. The average molecular weight is 366 g/mol. The van der Waals surface area contributed by atoms with E-state index in [4.69, 9.17) is 27.9 Å². The standard InChI is InChI=1S/C18H17Cl2NO3/c1-11-8-13(3-5-16(11)22)18(23)21-6-7-24-17(10-21)12-2-4-14(19)15(20)9-12/h2-5,8-9,17,22H,6-7,10H2,1H3/t17-/m0/s1. The summed E-state index contributed by atoms with van der Waals surface area (Å²) in [5.41, 5.74) is 2.12. The Balaban J connectivity index is 1.78. The Labute approximate surface area is 150 Å². The number of morpholine rings is 1. The van der Waals surface area contributed by atoms with E-state index in [1.807, 2.05) is 6.07 Å². The van der Waals surface area contributed by atoms with Gasteiger partial charge in [-0.1, -0.05) is 29.3 Å². The van der Waals surface area contributed by atoms with Gasteiger partial charge >= 0.3 is 0 Å². The topological polar surface area (TPSA) is 49.8 Å². The molecule has 2 aromatic carbocycles. The molecule has 2 aromatic rings. The van der Waals surface area contributed by atoms with Crippen molar-refractivity contribution in [2.24, 2.45) is 0 Å². The van der Waals surface area contributed by atoms with Crippen molar-refractivity contribution in [1.82, 2.24) is 4.90 Å². The summed E-state index contributed by atoms with van der Waals surface area (Å²) in [4.78, 5) is 14.5. The van der Waals surface area contributed by atoms with Crippen molar-refractivity contribution < 1.29 is 14.6 Å². The van der Waals surface area contributed by atoms with Gasteiger partial charge in [-0.05, 0) is 48.4 Å². The molecule has 4 nitrogen and oxygen atoms in total. The van der Waals surface area contributed by atoms with Crippen LogP contribution >= 0.6 is 23.2 Å². The van der Waals surface area contributed by atoms with Crippen molar-refractivity contribution in [2.45, 2.75) is 13.0 Å². The molecule has 1 atom stereocenters. The minimum atomic E-state index is -0.240. The van der Waals surface area contributed by atoms with Gasteiger partial charge in [-0.3, -0.25) is 4.79 Å². The molecule has 24 heavy (non-hydrogen) atoms. The van der Waals surface area contributed by atoms with Crippen molar-refractivity contribution in [3.63, 3.8) is 0 Å². The van der Waals surface area contributed by atoms with Crippen molar-refractivity contribution in [1.29, 1.82) is 0 Å². The number of phenols is 1. The van der Waals surface area contributed by atoms with Crippen molar-refractivity contribution in [2.75, 3.05) is 19.7 Å². The number of hydrogen-bond donors (Lipinski definition) is 1. The van der Waals surface area contributed by atoms with Crippen LogP contribution in [-0.2, 0) is 4.74 Å². The van der Waals surface area contributed by atoms with Crippen molar-refractivity contribution in [3.05, 3.63) is 63.1 Å². The van der Waals surface area contributed by atoms with Crippen LogP contribution in [0, 0.1) is 6.92 Å². The molecule has 126 valence electrons. The van der Waals surface area contributed by atoms with Crippen LogP contribution in [0.5, 0.6) is 5.75 Å². The van der Waals surface area contributed by atoms with Crippen molar-refractivity contribution >= 4 is 29.1 Å². The highest BCUT2D eigenvalue weighted by atomic mass is 35.5. The van der Waals surface area contributed by atoms with E-state index in [0.717, 1.165) is 5.56 Å². The van der Waals surface area contributed by atoms with E-state index < -0.39 is 0 Å². The molecule has 6 heteroatoms. The zero-order chi connectivity index (χ0) is 17.3. The lowest BCUT2D eigenvalue weighted by Crippen LogP contribution is -2.42. The molecular formula is C18H17Cl2NO3. The maximum atomic E-state index is 12.7. The molecule has 1 heterocycles. The summed E-state index contributed by atoms with van der Waals surface area (Å²) >= 11 is 12.0. The minimum absolute atomic E-state index is 0.0774. The van der Waals surface area contributed by atoms with Crippen LogP contribution in [-0.4, -0.2) is 35.6 Å². The number of rotatable bonds is 2. The summed E-state index contributed by atoms with van der Waals surface area (Å²) in [6, 6.07) is 10.2. The molecule has 0 bridgehead atoms. The van der Waals surface area contributed by atoms with Crippen LogP contribution in [0.4, 0.5) is 0 Å². The van der Waals surface area contributed by atoms with Crippen LogP contribution in [0.1, 0.15) is 27.6 Å². The summed E-state index contributed by atoms with van der Waals surface area (Å²) in [7, 11) is 0. The first-order valence-electron chi connectivity index (χ1n) is 7.61. The molecular weight excluding hydrogens is 349 g/mol. The fourth-order valence-electron chi connectivity index (χ4n) is 2.72. The van der Waals surface area contributed by atoms with Crippen LogP contribution in [0.3, 0.4) is 0 Å². The van der Waals surface area contributed by atoms with Gasteiger partial charge in [0.2, 0.25) is 0 Å². The fourth-order valence-corrected chi connectivity index (χ4v) is 3.03. The number of benzene rings is 2. The Morgan fingerprint density at radius 3 is 2.71 bits per heavy atom. The third kappa shape index (κ3) is 3.51. The number of nitrogens with zero attached hydrogens (tertiary/aromatic N) is 1. The predicted octanol–water partition coefficient (Wildman–Crippen LogP) is 4.22. The Hall–Kier alpha value is -1.75. The summed E-state index contributed by atoms with van der Waals surface area (Å²) in [6.45, 7) is 3.19. The van der Waals surface area contributed by atoms with Gasteiger partial charge in [-0.15, -0.1) is 0 Å². The van der Waals surface area contributed by atoms with E-state index in [9.17, 15) is 9.90 Å². The van der Waals surface area contributed by atoms with Gasteiger partial charge in [-0.25, -0.2) is 0 Å². The second-order valence-electron chi connectivity index (χ2n) is 5.79. The van der Waals surface area contributed by atoms with Crippen LogP contribution < -0.4 is 0 Å². The number of carbonyl (C=O) groups is 1. The number of hydrogen-bond acceptors (Lipinski definition) is 3. The molecule has 1 amide bonds. The summed E-state index contributed by atoms with van der Waals surface area (Å²) in [5.74, 6) is 0.105. The van der Waals surface area contributed by atoms with Gasteiger partial charge in [0.25, 0.3) is 5.91 Å². The molecule has 3 rings (SSSR count). The SMILES string of the molecule is Cc1cc(C(=O)N2CCO[C@H](c3ccc(Cl)c(Cl)c3)C2)ccc1O. The third-order valence-electron chi connectivity index (χ3n) is 4.11. The van der Waals surface area contributed by atoms with Gasteiger partial charge in [0.15, 0.2) is 0 Å². The van der Waals surface area contributed by atoms with Crippen LogP contribution in [0.15, 0.2) is 36.4 Å². The lowest BCUT2D eigenvalue weighted by molar-refractivity contribution is -0.0228. The molecule has 1 fully saturated rings. The molecule has 0 radical (unpaired) electrons. The normalized spacial score (nSPS) is 17.8. The van der Waals surface area contributed by atoms with Crippen molar-refractivity contribution in [3.8, 4) is 5.75 Å². The van der Waals surface area contributed by atoms with E-state index >= 15 is 0 Å². The Bertz CT molecular complexity index is 779. The number of ether oxygens (including phenoxy) is 1. The van der Waals surface area contributed by atoms with Gasteiger partial charge in [0, 0.05) is 12.1 Å². The zero-order valence-corrected chi connectivity index (χ0v) is 14.6. The highest BCUT2D eigenvalue weighted by Crippen LogP contribution is 2.29. The fraction of sp³-hybridized carbons (Fsp3) is 0.278. The molecule has 1 N–H and O–H groups in total. The van der Waals surface area contributed by atoms with Gasteiger partial charge in [0.05, 0.1) is 23.2 Å². The molecule has 0 spiro atoms. The Kier molecular flexibility index (Phi) is 4.99. The molecule has 0 unspecified atom stereocenters. The van der Waals surface area contributed by atoms with E-state index in [1.165, 1.54) is 0 Å². The quantitative estimate of drug-likeness (QED) is 0.866. The van der Waals surface area contributed by atoms with E-state index in [-0.39, 0.29) is 17.8 Å². The Morgan fingerprint density at radius 1 is 1.21 bits per heavy atom. The summed E-state index contributed by atoms with van der Waals surface area (Å²) < 4.78 is 5.78. The molecule has 1 aliphatic rings. The third-order valence-corrected chi connectivity index (χ3v) is 4.85. The first-order valence-corrected chi connectivity index (χ1v) is 8.37. The number of carbonyl (C=O) groups excluding carboxylic acids is 1. The largest absolute Gasteiger partial charge is 0.508 e. The lowest BCUT2D eigenvalue weighted by Gasteiger charge is -2.33. The first-order chi connectivity index (χ1) is 11.5. The highest BCUT2D eigenvalue weighted by Gasteiger charge is 2.26. The molecule has 1 saturated heterocycles. The summed E-state index contributed by atoms with van der Waals surface area (Å²) in [6.07, 6.45) is -0.240. The van der Waals surface area contributed by atoms with Gasteiger partial charge in [-0.2, -0.15) is 0 Å². The molecule has 0 saturated carbocycles. The average Bonchev–Trinajstić information content (AvgIpc) is 2.59. The monoisotopic (exact) mass is 365 g/mol. The van der Waals surface area contributed by atoms with E-state index in [0.29, 0.717) is 40.9 Å². The number of aromatic hydroxyl groups is 1.